The van der Waals surface area contributed by atoms with Crippen molar-refractivity contribution in [3.63, 3.8) is 0 Å². The summed E-state index contributed by atoms with van der Waals surface area (Å²) >= 11 is 0. The fraction of sp³-hybridized carbons (Fsp3) is 0.333. The zero-order chi connectivity index (χ0) is 8.27. The molecule has 60 valence electrons. The zero-order valence-electron chi connectivity index (χ0n) is 6.46. The lowest BCUT2D eigenvalue weighted by Crippen LogP contribution is -2.34. The van der Waals surface area contributed by atoms with Crippen molar-refractivity contribution in [2.24, 2.45) is 0 Å². The quantitative estimate of drug-likeness (QED) is 0.606. The molecule has 0 bridgehead atoms. The van der Waals surface area contributed by atoms with Crippen molar-refractivity contribution in [3.8, 4) is 0 Å². The summed E-state index contributed by atoms with van der Waals surface area (Å²) in [4.78, 5) is 12.4. The molecule has 2 amide bonds. The molecule has 0 radical (unpaired) electrons. The van der Waals surface area contributed by atoms with Gasteiger partial charge in [0.05, 0.1) is 11.9 Å². The van der Waals surface area contributed by atoms with E-state index in [2.05, 4.69) is 15.5 Å². The lowest BCUT2D eigenvalue weighted by atomic mass is 10.5. The van der Waals surface area contributed by atoms with Gasteiger partial charge in [0.15, 0.2) is 0 Å². The SMILES string of the molecule is CNC(=O)N(C)c1cn[nH]c1. The Balaban J connectivity index is 2.70. The minimum Gasteiger partial charge on any atom is -0.341 e. The highest BCUT2D eigenvalue weighted by atomic mass is 16.2. The fourth-order valence-corrected chi connectivity index (χ4v) is 0.712. The number of anilines is 1. The summed E-state index contributed by atoms with van der Waals surface area (Å²) in [5.74, 6) is 0. The highest BCUT2D eigenvalue weighted by Gasteiger charge is 2.07. The van der Waals surface area contributed by atoms with Gasteiger partial charge in [-0.15, -0.1) is 0 Å². The van der Waals surface area contributed by atoms with Gasteiger partial charge < -0.3 is 5.32 Å². The van der Waals surface area contributed by atoms with Crippen LogP contribution in [-0.4, -0.2) is 30.3 Å². The zero-order valence-corrected chi connectivity index (χ0v) is 6.46. The van der Waals surface area contributed by atoms with Crippen molar-refractivity contribution >= 4 is 11.7 Å². The molecule has 0 spiro atoms. The number of hydrogen-bond acceptors (Lipinski definition) is 2. The topological polar surface area (TPSA) is 61.0 Å². The molecule has 0 saturated heterocycles. The van der Waals surface area contributed by atoms with Gasteiger partial charge in [0.25, 0.3) is 0 Å². The highest BCUT2D eigenvalue weighted by molar-refractivity contribution is 5.90. The molecule has 0 unspecified atom stereocenters. The molecule has 0 aliphatic rings. The van der Waals surface area contributed by atoms with Crippen molar-refractivity contribution in [3.05, 3.63) is 12.4 Å². The van der Waals surface area contributed by atoms with E-state index in [4.69, 9.17) is 0 Å². The maximum absolute atomic E-state index is 11.0. The standard InChI is InChI=1S/C6H10N4O/c1-7-6(11)10(2)5-3-8-9-4-5/h3-4H,1-2H3,(H,7,11)(H,8,9). The number of amides is 2. The Morgan fingerprint density at radius 1 is 1.82 bits per heavy atom. The number of urea groups is 1. The van der Waals surface area contributed by atoms with E-state index < -0.39 is 0 Å². The van der Waals surface area contributed by atoms with Gasteiger partial charge in [-0.1, -0.05) is 0 Å². The lowest BCUT2D eigenvalue weighted by Gasteiger charge is -2.12. The Bertz CT molecular complexity index is 231. The number of H-pyrrole nitrogens is 1. The van der Waals surface area contributed by atoms with Crippen molar-refractivity contribution in [1.82, 2.24) is 15.5 Å². The Morgan fingerprint density at radius 2 is 2.55 bits per heavy atom. The molecule has 0 aliphatic carbocycles. The third-order valence-electron chi connectivity index (χ3n) is 1.39. The van der Waals surface area contributed by atoms with Gasteiger partial charge in [0.2, 0.25) is 0 Å². The minimum absolute atomic E-state index is 0.161. The normalized spacial score (nSPS) is 9.27. The molecule has 11 heavy (non-hydrogen) atoms. The van der Waals surface area contributed by atoms with E-state index in [-0.39, 0.29) is 6.03 Å². The summed E-state index contributed by atoms with van der Waals surface area (Å²) in [6.45, 7) is 0. The van der Waals surface area contributed by atoms with Crippen molar-refractivity contribution < 1.29 is 4.79 Å². The second kappa shape index (κ2) is 3.05. The van der Waals surface area contributed by atoms with Gasteiger partial charge in [-0.3, -0.25) is 10.00 Å². The first-order chi connectivity index (χ1) is 5.25. The Morgan fingerprint density at radius 3 is 3.00 bits per heavy atom. The molecule has 0 aromatic carbocycles. The van der Waals surface area contributed by atoms with E-state index in [0.29, 0.717) is 0 Å². The van der Waals surface area contributed by atoms with Crippen LogP contribution in [0.3, 0.4) is 0 Å². The third kappa shape index (κ3) is 1.49. The maximum Gasteiger partial charge on any atom is 0.321 e. The van der Waals surface area contributed by atoms with Crippen LogP contribution in [0.15, 0.2) is 12.4 Å². The Labute approximate surface area is 64.4 Å². The molecule has 5 heteroatoms. The second-order valence-electron chi connectivity index (χ2n) is 2.07. The molecule has 0 atom stereocenters. The van der Waals surface area contributed by atoms with Crippen LogP contribution in [0.4, 0.5) is 10.5 Å². The van der Waals surface area contributed by atoms with Gasteiger partial charge in [-0.25, -0.2) is 4.79 Å². The van der Waals surface area contributed by atoms with Crippen molar-refractivity contribution in [2.45, 2.75) is 0 Å². The maximum atomic E-state index is 11.0. The molecule has 1 heterocycles. The van der Waals surface area contributed by atoms with E-state index in [1.807, 2.05) is 0 Å². The first kappa shape index (κ1) is 7.59. The van der Waals surface area contributed by atoms with E-state index >= 15 is 0 Å². The monoisotopic (exact) mass is 154 g/mol. The predicted octanol–water partition coefficient (Wildman–Crippen LogP) is 0.185. The summed E-state index contributed by atoms with van der Waals surface area (Å²) in [5.41, 5.74) is 0.740. The van der Waals surface area contributed by atoms with Crippen molar-refractivity contribution in [1.29, 1.82) is 0 Å². The highest BCUT2D eigenvalue weighted by Crippen LogP contribution is 2.07. The van der Waals surface area contributed by atoms with Crippen LogP contribution in [0.1, 0.15) is 0 Å². The van der Waals surface area contributed by atoms with Crippen LogP contribution < -0.4 is 10.2 Å². The third-order valence-corrected chi connectivity index (χ3v) is 1.39. The summed E-state index contributed by atoms with van der Waals surface area (Å²) in [6, 6.07) is -0.161. The van der Waals surface area contributed by atoms with Crippen LogP contribution in [-0.2, 0) is 0 Å². The number of rotatable bonds is 1. The van der Waals surface area contributed by atoms with Crippen LogP contribution in [0.25, 0.3) is 0 Å². The van der Waals surface area contributed by atoms with E-state index in [9.17, 15) is 4.79 Å². The van der Waals surface area contributed by atoms with Crippen LogP contribution >= 0.6 is 0 Å². The largest absolute Gasteiger partial charge is 0.341 e. The molecule has 1 aromatic heterocycles. The van der Waals surface area contributed by atoms with Gasteiger partial charge in [-0.2, -0.15) is 5.10 Å². The summed E-state index contributed by atoms with van der Waals surface area (Å²) < 4.78 is 0. The average Bonchev–Trinajstić information content (AvgIpc) is 2.53. The van der Waals surface area contributed by atoms with E-state index in [0.717, 1.165) is 5.69 Å². The smallest absolute Gasteiger partial charge is 0.321 e. The lowest BCUT2D eigenvalue weighted by molar-refractivity contribution is 0.249. The number of carbonyl (C=O) groups excluding carboxylic acids is 1. The molecular weight excluding hydrogens is 144 g/mol. The number of carbonyl (C=O) groups is 1. The summed E-state index contributed by atoms with van der Waals surface area (Å²) in [7, 11) is 3.25. The number of nitrogens with one attached hydrogen (secondary N) is 2. The molecule has 0 aliphatic heterocycles. The van der Waals surface area contributed by atoms with Gasteiger partial charge in [0.1, 0.15) is 0 Å². The second-order valence-corrected chi connectivity index (χ2v) is 2.07. The van der Waals surface area contributed by atoms with E-state index in [1.165, 1.54) is 4.90 Å². The minimum atomic E-state index is -0.161. The summed E-state index contributed by atoms with van der Waals surface area (Å²) in [6.07, 6.45) is 3.23. The van der Waals surface area contributed by atoms with Crippen LogP contribution in [0, 0.1) is 0 Å². The number of aromatic nitrogens is 2. The number of aromatic amines is 1. The molecule has 0 saturated carbocycles. The number of nitrogens with zero attached hydrogens (tertiary/aromatic N) is 2. The molecule has 1 aromatic rings. The molecular formula is C6H10N4O. The van der Waals surface area contributed by atoms with Crippen LogP contribution in [0.2, 0.25) is 0 Å². The number of hydrogen-bond donors (Lipinski definition) is 2. The fourth-order valence-electron chi connectivity index (χ4n) is 0.712. The molecule has 1 rings (SSSR count). The van der Waals surface area contributed by atoms with Gasteiger partial charge >= 0.3 is 6.03 Å². The van der Waals surface area contributed by atoms with Gasteiger partial charge in [0, 0.05) is 20.3 Å². The van der Waals surface area contributed by atoms with Crippen molar-refractivity contribution in [2.75, 3.05) is 19.0 Å². The molecule has 0 fully saturated rings. The predicted molar refractivity (Wildman–Crippen MR) is 41.4 cm³/mol. The Kier molecular flexibility index (Phi) is 2.10. The summed E-state index contributed by atoms with van der Waals surface area (Å²) in [5, 5.41) is 8.83. The molecule has 2 N–H and O–H groups in total. The first-order valence-corrected chi connectivity index (χ1v) is 3.20. The molecule has 5 nitrogen and oxygen atoms in total. The first-order valence-electron chi connectivity index (χ1n) is 3.20. The van der Waals surface area contributed by atoms with Crippen LogP contribution in [0.5, 0.6) is 0 Å². The van der Waals surface area contributed by atoms with E-state index in [1.54, 1.807) is 26.5 Å². The van der Waals surface area contributed by atoms with Gasteiger partial charge in [-0.05, 0) is 0 Å². The average molecular weight is 154 g/mol. The Hall–Kier alpha value is -1.52.